The molecule has 1 rings (SSSR count). The van der Waals surface area contributed by atoms with Crippen molar-refractivity contribution in [1.82, 2.24) is 5.32 Å². The van der Waals surface area contributed by atoms with Crippen LogP contribution in [0.2, 0.25) is 0 Å². The van der Waals surface area contributed by atoms with E-state index in [1.807, 2.05) is 0 Å². The molecule has 0 aliphatic rings. The summed E-state index contributed by atoms with van der Waals surface area (Å²) in [6.07, 6.45) is 0.526. The molecular weight excluding hydrogens is 263 g/mol. The van der Waals surface area contributed by atoms with Crippen LogP contribution in [-0.2, 0) is 14.3 Å². The molecule has 0 fully saturated rings. The smallest absolute Gasteiger partial charge is 0.307 e. The second kappa shape index (κ2) is 9.03. The summed E-state index contributed by atoms with van der Waals surface area (Å²) in [5, 5.41) is 5.56. The molecule has 0 radical (unpaired) electrons. The maximum absolute atomic E-state index is 12.9. The molecule has 2 N–H and O–H groups in total. The van der Waals surface area contributed by atoms with Gasteiger partial charge in [0.05, 0.1) is 13.0 Å². The number of hydrogen-bond donors (Lipinski definition) is 2. The van der Waals surface area contributed by atoms with Crippen molar-refractivity contribution in [3.8, 4) is 0 Å². The molecule has 0 bridgehead atoms. The summed E-state index contributed by atoms with van der Waals surface area (Å²) >= 11 is 0. The zero-order chi connectivity index (χ0) is 14.8. The predicted molar refractivity (Wildman–Crippen MR) is 73.8 cm³/mol. The fourth-order valence-electron chi connectivity index (χ4n) is 1.54. The molecule has 6 heteroatoms. The summed E-state index contributed by atoms with van der Waals surface area (Å²) in [4.78, 5) is 22.6. The number of amides is 1. The van der Waals surface area contributed by atoms with Gasteiger partial charge in [-0.15, -0.1) is 0 Å². The molecule has 1 amide bonds. The average molecular weight is 282 g/mol. The first kappa shape index (κ1) is 16.1. The Bertz CT molecular complexity index is 452. The Morgan fingerprint density at radius 2 is 2.00 bits per heavy atom. The van der Waals surface area contributed by atoms with Gasteiger partial charge in [0.25, 0.3) is 0 Å². The van der Waals surface area contributed by atoms with Crippen molar-refractivity contribution in [2.45, 2.75) is 19.8 Å². The SMILES string of the molecule is CCOC(=O)CCNCCC(=O)Nc1cccc(F)c1. The topological polar surface area (TPSA) is 67.4 Å². The number of carbonyl (C=O) groups excluding carboxylic acids is 2. The third-order valence-electron chi connectivity index (χ3n) is 2.45. The first-order chi connectivity index (χ1) is 9.61. The maximum Gasteiger partial charge on any atom is 0.307 e. The summed E-state index contributed by atoms with van der Waals surface area (Å²) < 4.78 is 17.7. The van der Waals surface area contributed by atoms with Gasteiger partial charge in [0.15, 0.2) is 0 Å². The minimum absolute atomic E-state index is 0.209. The number of halogens is 1. The number of benzene rings is 1. The van der Waals surface area contributed by atoms with Crippen LogP contribution in [0.4, 0.5) is 10.1 Å². The molecule has 0 saturated heterocycles. The Hall–Kier alpha value is -1.95. The summed E-state index contributed by atoms with van der Waals surface area (Å²) in [5.74, 6) is -0.862. The van der Waals surface area contributed by atoms with E-state index in [-0.39, 0.29) is 24.7 Å². The molecule has 1 aromatic rings. The van der Waals surface area contributed by atoms with Crippen LogP contribution in [0, 0.1) is 5.82 Å². The summed E-state index contributed by atoms with van der Waals surface area (Å²) in [7, 11) is 0. The zero-order valence-electron chi connectivity index (χ0n) is 11.4. The van der Waals surface area contributed by atoms with Gasteiger partial charge in [-0.25, -0.2) is 4.39 Å². The zero-order valence-corrected chi connectivity index (χ0v) is 11.4. The largest absolute Gasteiger partial charge is 0.466 e. The number of anilines is 1. The molecule has 20 heavy (non-hydrogen) atoms. The molecular formula is C14H19FN2O3. The van der Waals surface area contributed by atoms with E-state index in [0.29, 0.717) is 25.4 Å². The fraction of sp³-hybridized carbons (Fsp3) is 0.429. The molecule has 0 saturated carbocycles. The number of nitrogens with one attached hydrogen (secondary N) is 2. The van der Waals surface area contributed by atoms with Gasteiger partial charge in [-0.2, -0.15) is 0 Å². The first-order valence-corrected chi connectivity index (χ1v) is 6.53. The van der Waals surface area contributed by atoms with Crippen molar-refractivity contribution in [2.75, 3.05) is 25.0 Å². The maximum atomic E-state index is 12.9. The predicted octanol–water partition coefficient (Wildman–Crippen LogP) is 1.70. The molecule has 0 aromatic heterocycles. The molecule has 0 aliphatic carbocycles. The van der Waals surface area contributed by atoms with Crippen molar-refractivity contribution in [3.63, 3.8) is 0 Å². The molecule has 5 nitrogen and oxygen atoms in total. The number of hydrogen-bond acceptors (Lipinski definition) is 4. The van der Waals surface area contributed by atoms with Gasteiger partial charge in [-0.1, -0.05) is 6.07 Å². The average Bonchev–Trinajstić information content (AvgIpc) is 2.38. The third kappa shape index (κ3) is 6.84. The minimum atomic E-state index is -0.393. The molecule has 0 aliphatic heterocycles. The normalized spacial score (nSPS) is 10.1. The Balaban J connectivity index is 2.13. The Kier molecular flexibility index (Phi) is 7.27. The van der Waals surface area contributed by atoms with Crippen molar-refractivity contribution < 1.29 is 18.7 Å². The Labute approximate surface area is 117 Å². The molecule has 1 aromatic carbocycles. The van der Waals surface area contributed by atoms with E-state index in [1.165, 1.54) is 18.2 Å². The summed E-state index contributed by atoms with van der Waals surface area (Å²) in [5.41, 5.74) is 0.432. The van der Waals surface area contributed by atoms with Crippen LogP contribution in [0.3, 0.4) is 0 Å². The van der Waals surface area contributed by atoms with E-state index in [9.17, 15) is 14.0 Å². The standard InChI is InChI=1S/C14H19FN2O3/c1-2-20-14(19)7-9-16-8-6-13(18)17-12-5-3-4-11(15)10-12/h3-5,10,16H,2,6-9H2,1H3,(H,17,18). The van der Waals surface area contributed by atoms with Gasteiger partial charge in [-0.3, -0.25) is 9.59 Å². The van der Waals surface area contributed by atoms with Gasteiger partial charge >= 0.3 is 5.97 Å². The van der Waals surface area contributed by atoms with Crippen LogP contribution in [0.1, 0.15) is 19.8 Å². The minimum Gasteiger partial charge on any atom is -0.466 e. The van der Waals surface area contributed by atoms with Crippen LogP contribution >= 0.6 is 0 Å². The lowest BCUT2D eigenvalue weighted by atomic mass is 10.3. The van der Waals surface area contributed by atoms with Crippen molar-refractivity contribution in [3.05, 3.63) is 30.1 Å². The number of ether oxygens (including phenoxy) is 1. The van der Waals surface area contributed by atoms with E-state index in [0.717, 1.165) is 0 Å². The van der Waals surface area contributed by atoms with E-state index in [1.54, 1.807) is 13.0 Å². The number of esters is 1. The van der Waals surface area contributed by atoms with Crippen LogP contribution in [0.25, 0.3) is 0 Å². The lowest BCUT2D eigenvalue weighted by Gasteiger charge is -2.06. The molecule has 0 unspecified atom stereocenters. The fourth-order valence-corrected chi connectivity index (χ4v) is 1.54. The van der Waals surface area contributed by atoms with Crippen LogP contribution < -0.4 is 10.6 Å². The molecule has 0 heterocycles. The lowest BCUT2D eigenvalue weighted by Crippen LogP contribution is -2.24. The number of rotatable bonds is 8. The van der Waals surface area contributed by atoms with E-state index >= 15 is 0 Å². The highest BCUT2D eigenvalue weighted by Gasteiger charge is 2.04. The van der Waals surface area contributed by atoms with E-state index in [2.05, 4.69) is 10.6 Å². The Morgan fingerprint density at radius 3 is 2.70 bits per heavy atom. The Morgan fingerprint density at radius 1 is 1.25 bits per heavy atom. The highest BCUT2D eigenvalue weighted by molar-refractivity contribution is 5.90. The van der Waals surface area contributed by atoms with Crippen molar-refractivity contribution in [1.29, 1.82) is 0 Å². The molecule has 0 atom stereocenters. The van der Waals surface area contributed by atoms with Gasteiger partial charge < -0.3 is 15.4 Å². The van der Waals surface area contributed by atoms with Gasteiger partial charge in [0.2, 0.25) is 5.91 Å². The molecule has 110 valence electrons. The van der Waals surface area contributed by atoms with Gasteiger partial charge in [0.1, 0.15) is 5.82 Å². The quantitative estimate of drug-likeness (QED) is 0.562. The van der Waals surface area contributed by atoms with E-state index < -0.39 is 5.82 Å². The molecule has 0 spiro atoms. The van der Waals surface area contributed by atoms with Crippen molar-refractivity contribution in [2.24, 2.45) is 0 Å². The van der Waals surface area contributed by atoms with Gasteiger partial charge in [-0.05, 0) is 25.1 Å². The summed E-state index contributed by atoms with van der Waals surface area (Å²) in [6.45, 7) is 3.03. The third-order valence-corrected chi connectivity index (χ3v) is 2.45. The van der Waals surface area contributed by atoms with Crippen LogP contribution in [-0.4, -0.2) is 31.6 Å². The first-order valence-electron chi connectivity index (χ1n) is 6.53. The monoisotopic (exact) mass is 282 g/mol. The van der Waals surface area contributed by atoms with Crippen LogP contribution in [0.15, 0.2) is 24.3 Å². The summed E-state index contributed by atoms with van der Waals surface area (Å²) in [6, 6.07) is 5.72. The second-order valence-corrected chi connectivity index (χ2v) is 4.11. The number of carbonyl (C=O) groups is 2. The van der Waals surface area contributed by atoms with E-state index in [4.69, 9.17) is 4.74 Å². The van der Waals surface area contributed by atoms with Gasteiger partial charge in [0, 0.05) is 25.2 Å². The van der Waals surface area contributed by atoms with Crippen molar-refractivity contribution >= 4 is 17.6 Å². The lowest BCUT2D eigenvalue weighted by molar-refractivity contribution is -0.142. The highest BCUT2D eigenvalue weighted by atomic mass is 19.1. The second-order valence-electron chi connectivity index (χ2n) is 4.11. The van der Waals surface area contributed by atoms with Crippen LogP contribution in [0.5, 0.6) is 0 Å². The highest BCUT2D eigenvalue weighted by Crippen LogP contribution is 2.08.